The van der Waals surface area contributed by atoms with Crippen LogP contribution in [-0.2, 0) is 16.1 Å². The second-order valence-corrected chi connectivity index (χ2v) is 6.51. The molecule has 140 valence electrons. The number of fused-ring (bicyclic) bond motifs is 1. The van der Waals surface area contributed by atoms with E-state index in [-0.39, 0.29) is 30.4 Å². The smallest absolute Gasteiger partial charge is 0.240 e. The van der Waals surface area contributed by atoms with Crippen molar-refractivity contribution in [3.63, 3.8) is 0 Å². The highest BCUT2D eigenvalue weighted by molar-refractivity contribution is 5.80. The van der Waals surface area contributed by atoms with Gasteiger partial charge in [-0.2, -0.15) is 0 Å². The van der Waals surface area contributed by atoms with Crippen molar-refractivity contribution in [1.82, 2.24) is 14.9 Å². The molecule has 1 aliphatic heterocycles. The summed E-state index contributed by atoms with van der Waals surface area (Å²) in [5.74, 6) is -0.0598. The van der Waals surface area contributed by atoms with Crippen molar-refractivity contribution in [1.29, 1.82) is 0 Å². The summed E-state index contributed by atoms with van der Waals surface area (Å²) in [4.78, 5) is 16.8. The second kappa shape index (κ2) is 7.75. The van der Waals surface area contributed by atoms with E-state index < -0.39 is 0 Å². The summed E-state index contributed by atoms with van der Waals surface area (Å²) in [6.45, 7) is 1.05. The number of para-hydroxylation sites is 2. The van der Waals surface area contributed by atoms with E-state index in [4.69, 9.17) is 9.47 Å². The predicted octanol–water partition coefficient (Wildman–Crippen LogP) is 2.53. The van der Waals surface area contributed by atoms with E-state index in [2.05, 4.69) is 10.3 Å². The minimum atomic E-state index is -0.355. The van der Waals surface area contributed by atoms with Crippen molar-refractivity contribution in [3.05, 3.63) is 60.7 Å². The molecule has 6 nitrogen and oxygen atoms in total. The van der Waals surface area contributed by atoms with Gasteiger partial charge in [0.1, 0.15) is 24.2 Å². The summed E-state index contributed by atoms with van der Waals surface area (Å²) in [7, 11) is 0. The van der Waals surface area contributed by atoms with Gasteiger partial charge in [-0.15, -0.1) is 0 Å². The number of hydrogen-bond donors (Lipinski definition) is 1. The number of amides is 1. The third kappa shape index (κ3) is 4.09. The number of nitrogens with zero attached hydrogens (tertiary/aromatic N) is 2. The van der Waals surface area contributed by atoms with Crippen molar-refractivity contribution in [2.45, 2.75) is 25.1 Å². The predicted molar refractivity (Wildman–Crippen MR) is 97.9 cm³/mol. The SMILES string of the molecule is O=C(Cn1cnc2ccccc21)N[C@@H]1COCC[C@@H]1Oc1cccc(F)c1. The van der Waals surface area contributed by atoms with Crippen LogP contribution >= 0.6 is 0 Å². The van der Waals surface area contributed by atoms with Gasteiger partial charge in [-0.05, 0) is 24.3 Å². The normalized spacial score (nSPS) is 19.7. The summed E-state index contributed by atoms with van der Waals surface area (Å²) in [5.41, 5.74) is 1.75. The largest absolute Gasteiger partial charge is 0.488 e. The first-order valence-corrected chi connectivity index (χ1v) is 8.88. The average Bonchev–Trinajstić information content (AvgIpc) is 3.06. The van der Waals surface area contributed by atoms with Gasteiger partial charge in [0.15, 0.2) is 0 Å². The van der Waals surface area contributed by atoms with Gasteiger partial charge in [0.2, 0.25) is 5.91 Å². The number of hydrogen-bond acceptors (Lipinski definition) is 4. The Bertz CT molecular complexity index is 943. The first-order valence-electron chi connectivity index (χ1n) is 8.88. The fourth-order valence-electron chi connectivity index (χ4n) is 3.25. The topological polar surface area (TPSA) is 65.4 Å². The standard InChI is InChI=1S/C20H20FN3O3/c21-14-4-3-5-15(10-14)27-19-8-9-26-12-17(19)23-20(25)11-24-13-22-16-6-1-2-7-18(16)24/h1-7,10,13,17,19H,8-9,11-12H2,(H,23,25)/t17-,19+/m1/s1. The van der Waals surface area contributed by atoms with Gasteiger partial charge >= 0.3 is 0 Å². The molecule has 2 aromatic carbocycles. The molecular formula is C20H20FN3O3. The molecule has 1 fully saturated rings. The molecule has 1 N–H and O–H groups in total. The Labute approximate surface area is 155 Å². The fourth-order valence-corrected chi connectivity index (χ4v) is 3.25. The second-order valence-electron chi connectivity index (χ2n) is 6.51. The first-order chi connectivity index (χ1) is 13.2. The Hall–Kier alpha value is -2.93. The number of imidazole rings is 1. The molecule has 1 aromatic heterocycles. The summed E-state index contributed by atoms with van der Waals surface area (Å²) < 4.78 is 26.6. The average molecular weight is 369 g/mol. The van der Waals surface area contributed by atoms with E-state index in [1.165, 1.54) is 12.1 Å². The quantitative estimate of drug-likeness (QED) is 0.751. The number of carbonyl (C=O) groups is 1. The van der Waals surface area contributed by atoms with E-state index in [1.807, 2.05) is 24.3 Å². The van der Waals surface area contributed by atoms with Crippen LogP contribution < -0.4 is 10.1 Å². The van der Waals surface area contributed by atoms with Crippen molar-refractivity contribution in [2.75, 3.05) is 13.2 Å². The summed E-state index contributed by atoms with van der Waals surface area (Å²) in [6, 6.07) is 13.4. The van der Waals surface area contributed by atoms with Crippen LogP contribution in [0.5, 0.6) is 5.75 Å². The molecule has 0 spiro atoms. The van der Waals surface area contributed by atoms with Crippen LogP contribution in [0.3, 0.4) is 0 Å². The highest BCUT2D eigenvalue weighted by atomic mass is 19.1. The zero-order valence-corrected chi connectivity index (χ0v) is 14.7. The zero-order valence-electron chi connectivity index (χ0n) is 14.7. The highest BCUT2D eigenvalue weighted by Crippen LogP contribution is 2.19. The number of rotatable bonds is 5. The molecule has 27 heavy (non-hydrogen) atoms. The molecule has 0 unspecified atom stereocenters. The molecule has 1 aliphatic rings. The lowest BCUT2D eigenvalue weighted by Crippen LogP contribution is -2.52. The molecule has 3 aromatic rings. The van der Waals surface area contributed by atoms with Crippen LogP contribution in [0.15, 0.2) is 54.9 Å². The van der Waals surface area contributed by atoms with Crippen molar-refractivity contribution < 1.29 is 18.7 Å². The molecule has 0 radical (unpaired) electrons. The Morgan fingerprint density at radius 2 is 2.19 bits per heavy atom. The van der Waals surface area contributed by atoms with Crippen LogP contribution in [0.25, 0.3) is 11.0 Å². The van der Waals surface area contributed by atoms with Crippen LogP contribution in [0, 0.1) is 5.82 Å². The van der Waals surface area contributed by atoms with Crippen LogP contribution in [-0.4, -0.2) is 40.8 Å². The van der Waals surface area contributed by atoms with E-state index in [0.717, 1.165) is 11.0 Å². The number of nitrogens with one attached hydrogen (secondary N) is 1. The lowest BCUT2D eigenvalue weighted by Gasteiger charge is -2.32. The van der Waals surface area contributed by atoms with Crippen molar-refractivity contribution in [3.8, 4) is 5.75 Å². The minimum Gasteiger partial charge on any atom is -0.488 e. The van der Waals surface area contributed by atoms with Gasteiger partial charge in [-0.1, -0.05) is 18.2 Å². The van der Waals surface area contributed by atoms with Crippen LogP contribution in [0.4, 0.5) is 4.39 Å². The van der Waals surface area contributed by atoms with Crippen molar-refractivity contribution >= 4 is 16.9 Å². The van der Waals surface area contributed by atoms with Crippen molar-refractivity contribution in [2.24, 2.45) is 0 Å². The molecule has 2 heterocycles. The molecule has 0 bridgehead atoms. The maximum Gasteiger partial charge on any atom is 0.240 e. The molecule has 0 saturated carbocycles. The van der Waals surface area contributed by atoms with Gasteiger partial charge in [0, 0.05) is 12.5 Å². The van der Waals surface area contributed by atoms with Gasteiger partial charge < -0.3 is 19.4 Å². The number of carbonyl (C=O) groups excluding carboxylic acids is 1. The number of ether oxygens (including phenoxy) is 2. The monoisotopic (exact) mass is 369 g/mol. The third-order valence-electron chi connectivity index (χ3n) is 4.56. The van der Waals surface area contributed by atoms with E-state index in [0.29, 0.717) is 25.4 Å². The lowest BCUT2D eigenvalue weighted by molar-refractivity contribution is -0.124. The van der Waals surface area contributed by atoms with E-state index >= 15 is 0 Å². The van der Waals surface area contributed by atoms with Crippen LogP contribution in [0.1, 0.15) is 6.42 Å². The molecule has 4 rings (SSSR count). The molecular weight excluding hydrogens is 349 g/mol. The zero-order chi connectivity index (χ0) is 18.6. The fraction of sp³-hybridized carbons (Fsp3) is 0.300. The molecule has 7 heteroatoms. The third-order valence-corrected chi connectivity index (χ3v) is 4.56. The number of aromatic nitrogens is 2. The van der Waals surface area contributed by atoms with Gasteiger partial charge in [0.25, 0.3) is 0 Å². The maximum absolute atomic E-state index is 13.4. The lowest BCUT2D eigenvalue weighted by atomic mass is 10.1. The maximum atomic E-state index is 13.4. The molecule has 1 saturated heterocycles. The van der Waals surface area contributed by atoms with E-state index in [1.54, 1.807) is 23.0 Å². The van der Waals surface area contributed by atoms with Gasteiger partial charge in [-0.25, -0.2) is 9.37 Å². The van der Waals surface area contributed by atoms with Gasteiger partial charge in [0.05, 0.1) is 36.6 Å². The van der Waals surface area contributed by atoms with Gasteiger partial charge in [-0.3, -0.25) is 4.79 Å². The Morgan fingerprint density at radius 3 is 3.07 bits per heavy atom. The number of halogens is 1. The Kier molecular flexibility index (Phi) is 5.02. The molecule has 0 aliphatic carbocycles. The summed E-state index contributed by atoms with van der Waals surface area (Å²) in [6.07, 6.45) is 2.00. The molecule has 1 amide bonds. The molecule has 2 atom stereocenters. The Balaban J connectivity index is 1.42. The van der Waals surface area contributed by atoms with Crippen LogP contribution in [0.2, 0.25) is 0 Å². The summed E-state index contributed by atoms with van der Waals surface area (Å²) in [5, 5.41) is 2.98. The van der Waals surface area contributed by atoms with E-state index in [9.17, 15) is 9.18 Å². The first kappa shape index (κ1) is 17.5. The Morgan fingerprint density at radius 1 is 1.30 bits per heavy atom. The summed E-state index contributed by atoms with van der Waals surface area (Å²) >= 11 is 0. The number of benzene rings is 2. The highest BCUT2D eigenvalue weighted by Gasteiger charge is 2.29. The minimum absolute atomic E-state index is 0.151.